The molecule has 1 aromatic heterocycles. The maximum absolute atomic E-state index is 12.2. The number of Topliss-reactive ketones (excluding diaryl/α,β-unsaturated/α-hetero) is 1. The lowest BCUT2D eigenvalue weighted by Gasteiger charge is -2.13. The van der Waals surface area contributed by atoms with Crippen molar-refractivity contribution in [3.05, 3.63) is 24.0 Å². The van der Waals surface area contributed by atoms with Crippen LogP contribution >= 0.6 is 0 Å². The first-order valence-corrected chi connectivity index (χ1v) is 6.48. The van der Waals surface area contributed by atoms with E-state index in [1.54, 1.807) is 18.5 Å². The average molecular weight is 232 g/mol. The fourth-order valence-electron chi connectivity index (χ4n) is 2.52. The van der Waals surface area contributed by atoms with Crippen molar-refractivity contribution < 1.29 is 4.79 Å². The van der Waals surface area contributed by atoms with E-state index in [4.69, 9.17) is 5.73 Å². The molecule has 0 saturated heterocycles. The van der Waals surface area contributed by atoms with E-state index in [-0.39, 0.29) is 5.92 Å². The fraction of sp³-hybridized carbons (Fsp3) is 0.571. The number of anilines is 1. The number of pyridine rings is 1. The van der Waals surface area contributed by atoms with E-state index in [0.717, 1.165) is 18.4 Å². The Morgan fingerprint density at radius 3 is 2.65 bits per heavy atom. The second-order valence-corrected chi connectivity index (χ2v) is 4.91. The Morgan fingerprint density at radius 2 is 2.00 bits per heavy atom. The summed E-state index contributed by atoms with van der Waals surface area (Å²) >= 11 is 0. The fourth-order valence-corrected chi connectivity index (χ4v) is 2.52. The Bertz CT molecular complexity index is 382. The molecule has 1 aliphatic carbocycles. The van der Waals surface area contributed by atoms with Crippen LogP contribution in [0.1, 0.15) is 44.1 Å². The van der Waals surface area contributed by atoms with Crippen LogP contribution in [-0.4, -0.2) is 10.8 Å². The second kappa shape index (κ2) is 5.80. The van der Waals surface area contributed by atoms with E-state index in [1.165, 1.54) is 25.7 Å². The van der Waals surface area contributed by atoms with Crippen LogP contribution < -0.4 is 5.73 Å². The lowest BCUT2D eigenvalue weighted by molar-refractivity contribution is -0.122. The largest absolute Gasteiger partial charge is 0.398 e. The predicted molar refractivity (Wildman–Crippen MR) is 68.6 cm³/mol. The summed E-state index contributed by atoms with van der Waals surface area (Å²) in [5.74, 6) is 0.587. The Hall–Kier alpha value is -1.38. The number of rotatable bonds is 3. The van der Waals surface area contributed by atoms with Crippen LogP contribution in [0.15, 0.2) is 18.5 Å². The predicted octanol–water partition coefficient (Wildman–Crippen LogP) is 2.75. The third-order valence-electron chi connectivity index (χ3n) is 3.62. The maximum Gasteiger partial charge on any atom is 0.140 e. The van der Waals surface area contributed by atoms with Gasteiger partial charge in [0.1, 0.15) is 5.78 Å². The van der Waals surface area contributed by atoms with Gasteiger partial charge in [0.15, 0.2) is 0 Å². The molecule has 2 N–H and O–H groups in total. The molecule has 1 aromatic rings. The van der Waals surface area contributed by atoms with Gasteiger partial charge in [-0.05, 0) is 18.9 Å². The minimum atomic E-state index is 0.247. The lowest BCUT2D eigenvalue weighted by atomic mass is 9.91. The molecule has 0 bridgehead atoms. The molecule has 3 nitrogen and oxygen atoms in total. The van der Waals surface area contributed by atoms with Crippen molar-refractivity contribution in [2.75, 3.05) is 5.73 Å². The molecule has 1 heterocycles. The molecule has 0 amide bonds. The van der Waals surface area contributed by atoms with Gasteiger partial charge < -0.3 is 5.73 Å². The van der Waals surface area contributed by atoms with Gasteiger partial charge in [-0.1, -0.05) is 25.7 Å². The molecule has 0 unspecified atom stereocenters. The average Bonchev–Trinajstić information content (AvgIpc) is 2.61. The number of ketones is 1. The van der Waals surface area contributed by atoms with Crippen LogP contribution in [0.25, 0.3) is 0 Å². The highest BCUT2D eigenvalue weighted by Crippen LogP contribution is 2.25. The summed E-state index contributed by atoms with van der Waals surface area (Å²) in [6.45, 7) is 0. The van der Waals surface area contributed by atoms with Crippen LogP contribution in [0.3, 0.4) is 0 Å². The molecular formula is C14H20N2O. The van der Waals surface area contributed by atoms with Crippen molar-refractivity contribution in [1.82, 2.24) is 4.98 Å². The zero-order valence-electron chi connectivity index (χ0n) is 10.2. The molecule has 92 valence electrons. The molecule has 0 spiro atoms. The highest BCUT2D eigenvalue weighted by molar-refractivity contribution is 5.84. The number of hydrogen-bond donors (Lipinski definition) is 1. The topological polar surface area (TPSA) is 56.0 Å². The van der Waals surface area contributed by atoms with Gasteiger partial charge in [-0.25, -0.2) is 0 Å². The Labute approximate surface area is 102 Å². The van der Waals surface area contributed by atoms with Crippen LogP contribution in [0.4, 0.5) is 5.69 Å². The third kappa shape index (κ3) is 3.29. The molecule has 0 radical (unpaired) electrons. The lowest BCUT2D eigenvalue weighted by Crippen LogP contribution is -2.17. The molecule has 0 atom stereocenters. The van der Waals surface area contributed by atoms with Gasteiger partial charge in [-0.15, -0.1) is 0 Å². The van der Waals surface area contributed by atoms with E-state index in [2.05, 4.69) is 4.98 Å². The summed E-state index contributed by atoms with van der Waals surface area (Å²) in [6, 6.07) is 1.76. The van der Waals surface area contributed by atoms with Crippen molar-refractivity contribution in [2.24, 2.45) is 5.92 Å². The summed E-state index contributed by atoms with van der Waals surface area (Å²) < 4.78 is 0. The van der Waals surface area contributed by atoms with E-state index in [1.807, 2.05) is 0 Å². The molecule has 1 aliphatic rings. The van der Waals surface area contributed by atoms with Crippen LogP contribution in [0, 0.1) is 5.92 Å². The van der Waals surface area contributed by atoms with Crippen molar-refractivity contribution in [2.45, 2.75) is 44.9 Å². The van der Waals surface area contributed by atoms with Crippen LogP contribution in [0.2, 0.25) is 0 Å². The first kappa shape index (κ1) is 12.1. The Kier molecular flexibility index (Phi) is 4.13. The minimum Gasteiger partial charge on any atom is -0.398 e. The highest BCUT2D eigenvalue weighted by Gasteiger charge is 2.20. The number of carbonyl (C=O) groups is 1. The number of carbonyl (C=O) groups excluding carboxylic acids is 1. The smallest absolute Gasteiger partial charge is 0.140 e. The summed E-state index contributed by atoms with van der Waals surface area (Å²) in [5.41, 5.74) is 7.40. The van der Waals surface area contributed by atoms with Gasteiger partial charge in [-0.2, -0.15) is 0 Å². The molecule has 3 heteroatoms. The van der Waals surface area contributed by atoms with Gasteiger partial charge in [0.2, 0.25) is 0 Å². The van der Waals surface area contributed by atoms with Gasteiger partial charge in [-0.3, -0.25) is 9.78 Å². The molecular weight excluding hydrogens is 212 g/mol. The number of aromatic nitrogens is 1. The molecule has 1 fully saturated rings. The minimum absolute atomic E-state index is 0.247. The van der Waals surface area contributed by atoms with Crippen LogP contribution in [0.5, 0.6) is 0 Å². The molecule has 1 saturated carbocycles. The highest BCUT2D eigenvalue weighted by atomic mass is 16.1. The molecule has 0 aliphatic heterocycles. The Balaban J connectivity index is 1.98. The monoisotopic (exact) mass is 232 g/mol. The van der Waals surface area contributed by atoms with Crippen LogP contribution in [-0.2, 0) is 11.2 Å². The first-order valence-electron chi connectivity index (χ1n) is 6.48. The summed E-state index contributed by atoms with van der Waals surface area (Å²) in [5, 5.41) is 0. The van der Waals surface area contributed by atoms with Crippen molar-refractivity contribution in [1.29, 1.82) is 0 Å². The van der Waals surface area contributed by atoms with Gasteiger partial charge >= 0.3 is 0 Å². The summed E-state index contributed by atoms with van der Waals surface area (Å²) in [6.07, 6.45) is 10.9. The van der Waals surface area contributed by atoms with E-state index in [0.29, 0.717) is 17.9 Å². The number of nitrogens with zero attached hydrogens (tertiary/aromatic N) is 1. The first-order chi connectivity index (χ1) is 8.27. The second-order valence-electron chi connectivity index (χ2n) is 4.91. The van der Waals surface area contributed by atoms with Gasteiger partial charge in [0, 0.05) is 36.0 Å². The van der Waals surface area contributed by atoms with Crippen molar-refractivity contribution >= 4 is 11.5 Å². The van der Waals surface area contributed by atoms with E-state index < -0.39 is 0 Å². The van der Waals surface area contributed by atoms with Gasteiger partial charge in [0.25, 0.3) is 0 Å². The van der Waals surface area contributed by atoms with E-state index >= 15 is 0 Å². The Morgan fingerprint density at radius 1 is 1.29 bits per heavy atom. The molecule has 2 rings (SSSR count). The summed E-state index contributed by atoms with van der Waals surface area (Å²) in [4.78, 5) is 16.2. The SMILES string of the molecule is Nc1ccncc1CC(=O)C1CCCCCC1. The molecule has 0 aromatic carbocycles. The van der Waals surface area contributed by atoms with Crippen molar-refractivity contribution in [3.63, 3.8) is 0 Å². The summed E-state index contributed by atoms with van der Waals surface area (Å²) in [7, 11) is 0. The quantitative estimate of drug-likeness (QED) is 0.815. The number of nitrogens with two attached hydrogens (primary N) is 1. The zero-order valence-corrected chi connectivity index (χ0v) is 10.2. The van der Waals surface area contributed by atoms with Gasteiger partial charge in [0.05, 0.1) is 0 Å². The number of nitrogen functional groups attached to an aromatic ring is 1. The third-order valence-corrected chi connectivity index (χ3v) is 3.62. The molecule has 17 heavy (non-hydrogen) atoms. The standard InChI is InChI=1S/C14H20N2O/c15-13-7-8-16-10-12(13)9-14(17)11-5-3-1-2-4-6-11/h7-8,10-11H,1-6,9H2,(H2,15,16). The normalized spacial score (nSPS) is 17.6. The van der Waals surface area contributed by atoms with Crippen molar-refractivity contribution in [3.8, 4) is 0 Å². The van der Waals surface area contributed by atoms with E-state index in [9.17, 15) is 4.79 Å². The zero-order chi connectivity index (χ0) is 12.1. The maximum atomic E-state index is 12.2. The number of hydrogen-bond acceptors (Lipinski definition) is 3.